The molecular formula is C13H21N3. The zero-order valence-corrected chi connectivity index (χ0v) is 10.2. The third-order valence-electron chi connectivity index (χ3n) is 3.56. The molecule has 0 aromatic carbocycles. The normalized spacial score (nSPS) is 24.4. The lowest BCUT2D eigenvalue weighted by atomic mass is 9.78. The third-order valence-corrected chi connectivity index (χ3v) is 3.56. The molecule has 0 radical (unpaired) electrons. The second-order valence-corrected chi connectivity index (χ2v) is 4.74. The fourth-order valence-electron chi connectivity index (χ4n) is 2.53. The van der Waals surface area contributed by atoms with Crippen molar-refractivity contribution in [2.24, 2.45) is 5.92 Å². The van der Waals surface area contributed by atoms with E-state index in [0.717, 1.165) is 25.0 Å². The van der Waals surface area contributed by atoms with E-state index in [2.05, 4.69) is 28.3 Å². The second kappa shape index (κ2) is 5.41. The van der Waals surface area contributed by atoms with Crippen LogP contribution in [0, 0.1) is 5.92 Å². The first-order valence-electron chi connectivity index (χ1n) is 6.05. The Bertz CT molecular complexity index is 312. The molecule has 0 saturated heterocycles. The van der Waals surface area contributed by atoms with Crippen LogP contribution in [0.4, 0.5) is 0 Å². The fraction of sp³-hybridized carbons (Fsp3) is 0.615. The molecule has 0 aliphatic heterocycles. The molecule has 1 aromatic heterocycles. The van der Waals surface area contributed by atoms with E-state index < -0.39 is 0 Å². The topological polar surface area (TPSA) is 28.2 Å². The van der Waals surface area contributed by atoms with Crippen LogP contribution in [0.15, 0.2) is 24.5 Å². The quantitative estimate of drug-likeness (QED) is 0.813. The van der Waals surface area contributed by atoms with Crippen molar-refractivity contribution in [3.8, 4) is 0 Å². The van der Waals surface area contributed by atoms with Gasteiger partial charge in [0.25, 0.3) is 0 Å². The van der Waals surface area contributed by atoms with Gasteiger partial charge >= 0.3 is 0 Å². The Hall–Kier alpha value is -0.930. The second-order valence-electron chi connectivity index (χ2n) is 4.74. The first kappa shape index (κ1) is 11.6. The van der Waals surface area contributed by atoms with E-state index in [1.54, 1.807) is 0 Å². The Labute approximate surface area is 97.9 Å². The van der Waals surface area contributed by atoms with Crippen LogP contribution >= 0.6 is 0 Å². The lowest BCUT2D eigenvalue weighted by Gasteiger charge is -2.42. The van der Waals surface area contributed by atoms with Crippen molar-refractivity contribution in [2.75, 3.05) is 20.6 Å². The highest BCUT2D eigenvalue weighted by Gasteiger charge is 2.32. The predicted molar refractivity (Wildman–Crippen MR) is 66.1 cm³/mol. The number of nitrogens with zero attached hydrogens (tertiary/aromatic N) is 2. The third kappa shape index (κ3) is 2.60. The number of pyridine rings is 1. The van der Waals surface area contributed by atoms with Gasteiger partial charge in [-0.3, -0.25) is 9.88 Å². The summed E-state index contributed by atoms with van der Waals surface area (Å²) < 4.78 is 0. The average molecular weight is 219 g/mol. The number of rotatable bonds is 5. The molecule has 0 spiro atoms. The summed E-state index contributed by atoms with van der Waals surface area (Å²) in [4.78, 5) is 6.62. The van der Waals surface area contributed by atoms with Crippen LogP contribution < -0.4 is 5.32 Å². The molecule has 88 valence electrons. The smallest absolute Gasteiger partial charge is 0.0312 e. The SMILES string of the molecule is CNCC1CCC1N(C)Cc1cccnc1. The number of hydrogen-bond acceptors (Lipinski definition) is 3. The predicted octanol–water partition coefficient (Wildman–Crippen LogP) is 1.51. The number of hydrogen-bond donors (Lipinski definition) is 1. The molecule has 1 aliphatic rings. The summed E-state index contributed by atoms with van der Waals surface area (Å²) in [5.41, 5.74) is 1.31. The summed E-state index contributed by atoms with van der Waals surface area (Å²) in [7, 11) is 4.26. The molecule has 2 unspecified atom stereocenters. The number of aromatic nitrogens is 1. The molecule has 0 amide bonds. The summed E-state index contributed by atoms with van der Waals surface area (Å²) in [6, 6.07) is 4.90. The summed E-state index contributed by atoms with van der Waals surface area (Å²) in [6.45, 7) is 2.15. The molecule has 1 N–H and O–H groups in total. The van der Waals surface area contributed by atoms with Crippen molar-refractivity contribution >= 4 is 0 Å². The van der Waals surface area contributed by atoms with Gasteiger partial charge in [-0.2, -0.15) is 0 Å². The Morgan fingerprint density at radius 2 is 2.38 bits per heavy atom. The Morgan fingerprint density at radius 1 is 1.50 bits per heavy atom. The number of nitrogens with one attached hydrogen (secondary N) is 1. The highest BCUT2D eigenvalue weighted by molar-refractivity contribution is 5.08. The Morgan fingerprint density at radius 3 is 2.94 bits per heavy atom. The highest BCUT2D eigenvalue weighted by Crippen LogP contribution is 2.31. The molecule has 2 rings (SSSR count). The van der Waals surface area contributed by atoms with Crippen molar-refractivity contribution in [1.82, 2.24) is 15.2 Å². The minimum Gasteiger partial charge on any atom is -0.319 e. The largest absolute Gasteiger partial charge is 0.319 e. The van der Waals surface area contributed by atoms with Crippen LogP contribution in [0.25, 0.3) is 0 Å². The van der Waals surface area contributed by atoms with E-state index >= 15 is 0 Å². The Kier molecular flexibility index (Phi) is 3.91. The molecular weight excluding hydrogens is 198 g/mol. The maximum Gasteiger partial charge on any atom is 0.0312 e. The molecule has 1 heterocycles. The average Bonchev–Trinajstić information content (AvgIpc) is 2.25. The van der Waals surface area contributed by atoms with Gasteiger partial charge in [0.05, 0.1) is 0 Å². The lowest BCUT2D eigenvalue weighted by molar-refractivity contribution is 0.0793. The van der Waals surface area contributed by atoms with Gasteiger partial charge in [-0.1, -0.05) is 6.07 Å². The van der Waals surface area contributed by atoms with Crippen LogP contribution in [-0.2, 0) is 6.54 Å². The van der Waals surface area contributed by atoms with Gasteiger partial charge in [-0.05, 0) is 51.0 Å². The summed E-state index contributed by atoms with van der Waals surface area (Å²) in [5.74, 6) is 0.826. The molecule has 16 heavy (non-hydrogen) atoms. The maximum atomic E-state index is 4.16. The zero-order valence-electron chi connectivity index (χ0n) is 10.2. The summed E-state index contributed by atoms with van der Waals surface area (Å²) >= 11 is 0. The summed E-state index contributed by atoms with van der Waals surface area (Å²) in [6.07, 6.45) is 6.49. The van der Waals surface area contributed by atoms with Gasteiger partial charge in [-0.25, -0.2) is 0 Å². The van der Waals surface area contributed by atoms with Crippen molar-refractivity contribution in [3.05, 3.63) is 30.1 Å². The van der Waals surface area contributed by atoms with Crippen molar-refractivity contribution in [3.63, 3.8) is 0 Å². The highest BCUT2D eigenvalue weighted by atomic mass is 15.1. The molecule has 1 aliphatic carbocycles. The molecule has 0 bridgehead atoms. The van der Waals surface area contributed by atoms with Crippen LogP contribution in [0.5, 0.6) is 0 Å². The van der Waals surface area contributed by atoms with E-state index in [1.165, 1.54) is 18.4 Å². The Balaban J connectivity index is 1.86. The van der Waals surface area contributed by atoms with Gasteiger partial charge < -0.3 is 5.32 Å². The van der Waals surface area contributed by atoms with Crippen LogP contribution in [0.1, 0.15) is 18.4 Å². The lowest BCUT2D eigenvalue weighted by Crippen LogP contribution is -2.48. The minimum absolute atomic E-state index is 0.743. The first-order valence-corrected chi connectivity index (χ1v) is 6.05. The van der Waals surface area contributed by atoms with Crippen LogP contribution in [0.2, 0.25) is 0 Å². The molecule has 1 fully saturated rings. The first-order chi connectivity index (χ1) is 7.81. The van der Waals surface area contributed by atoms with Gasteiger partial charge in [0.15, 0.2) is 0 Å². The fourth-order valence-corrected chi connectivity index (χ4v) is 2.53. The zero-order chi connectivity index (χ0) is 11.4. The minimum atomic E-state index is 0.743. The van der Waals surface area contributed by atoms with Gasteiger partial charge in [0.1, 0.15) is 0 Å². The van der Waals surface area contributed by atoms with E-state index in [4.69, 9.17) is 0 Å². The van der Waals surface area contributed by atoms with Crippen molar-refractivity contribution in [2.45, 2.75) is 25.4 Å². The van der Waals surface area contributed by atoms with Gasteiger partial charge in [0.2, 0.25) is 0 Å². The molecule has 3 nitrogen and oxygen atoms in total. The van der Waals surface area contributed by atoms with E-state index in [0.29, 0.717) is 0 Å². The van der Waals surface area contributed by atoms with Crippen LogP contribution in [0.3, 0.4) is 0 Å². The molecule has 1 aromatic rings. The molecule has 3 heteroatoms. The van der Waals surface area contributed by atoms with E-state index in [-0.39, 0.29) is 0 Å². The standard InChI is InChI=1S/C13H21N3/c1-14-9-12-5-6-13(12)16(2)10-11-4-3-7-15-8-11/h3-4,7-8,12-14H,5-6,9-10H2,1-2H3. The van der Waals surface area contributed by atoms with Gasteiger partial charge in [0, 0.05) is 25.0 Å². The molecule has 1 saturated carbocycles. The van der Waals surface area contributed by atoms with Gasteiger partial charge in [-0.15, -0.1) is 0 Å². The monoisotopic (exact) mass is 219 g/mol. The van der Waals surface area contributed by atoms with E-state index in [1.807, 2.05) is 25.5 Å². The van der Waals surface area contributed by atoms with Crippen molar-refractivity contribution < 1.29 is 0 Å². The van der Waals surface area contributed by atoms with E-state index in [9.17, 15) is 0 Å². The van der Waals surface area contributed by atoms with Crippen LogP contribution in [-0.4, -0.2) is 36.6 Å². The molecule has 2 atom stereocenters. The maximum absolute atomic E-state index is 4.16. The summed E-state index contributed by atoms with van der Waals surface area (Å²) in [5, 5.41) is 3.28. The van der Waals surface area contributed by atoms with Crippen molar-refractivity contribution in [1.29, 1.82) is 0 Å².